The number of aryl methyl sites for hydroxylation is 1. The topological polar surface area (TPSA) is 26.7 Å². The molecule has 1 N–H and O–H groups in total. The summed E-state index contributed by atoms with van der Waals surface area (Å²) in [7, 11) is 4.22. The highest BCUT2D eigenvalue weighted by Crippen LogP contribution is 2.32. The molecule has 1 fully saturated rings. The Morgan fingerprint density at radius 2 is 1.95 bits per heavy atom. The lowest BCUT2D eigenvalue weighted by Crippen LogP contribution is -2.37. The first-order chi connectivity index (χ1) is 9.88. The molecule has 0 bridgehead atoms. The van der Waals surface area contributed by atoms with Gasteiger partial charge in [-0.05, 0) is 64.4 Å². The molecule has 118 valence electrons. The van der Waals surface area contributed by atoms with Crippen LogP contribution in [0.5, 0.6) is 0 Å². The highest BCUT2D eigenvalue weighted by molar-refractivity contribution is 5.57. The Labute approximate surface area is 127 Å². The molecule has 3 nitrogen and oxygen atoms in total. The maximum Gasteiger partial charge on any atom is 0.126 e. The molecule has 21 heavy (non-hydrogen) atoms. The summed E-state index contributed by atoms with van der Waals surface area (Å²) >= 11 is 0. The van der Waals surface area contributed by atoms with Gasteiger partial charge in [-0.3, -0.25) is 0 Å². The van der Waals surface area contributed by atoms with E-state index in [1.165, 1.54) is 6.07 Å². The predicted octanol–water partition coefficient (Wildman–Crippen LogP) is 2.97. The van der Waals surface area contributed by atoms with Crippen molar-refractivity contribution in [3.63, 3.8) is 0 Å². The normalized spacial score (nSPS) is 18.3. The van der Waals surface area contributed by atoms with Gasteiger partial charge < -0.3 is 14.9 Å². The minimum atomic E-state index is -0.644. The van der Waals surface area contributed by atoms with Crippen molar-refractivity contribution in [3.8, 4) is 0 Å². The van der Waals surface area contributed by atoms with Crippen molar-refractivity contribution in [3.05, 3.63) is 29.1 Å². The van der Waals surface area contributed by atoms with E-state index in [4.69, 9.17) is 0 Å². The molecule has 1 atom stereocenters. The highest BCUT2D eigenvalue weighted by atomic mass is 19.1. The molecule has 1 unspecified atom stereocenters. The zero-order valence-corrected chi connectivity index (χ0v) is 13.6. The van der Waals surface area contributed by atoms with Gasteiger partial charge in [0, 0.05) is 30.9 Å². The van der Waals surface area contributed by atoms with Crippen LogP contribution < -0.4 is 4.90 Å². The molecule has 1 heterocycles. The number of halogens is 1. The van der Waals surface area contributed by atoms with Gasteiger partial charge in [-0.15, -0.1) is 0 Å². The smallest absolute Gasteiger partial charge is 0.126 e. The van der Waals surface area contributed by atoms with E-state index in [0.717, 1.165) is 44.1 Å². The second kappa shape index (κ2) is 6.75. The fourth-order valence-corrected chi connectivity index (χ4v) is 3.16. The molecule has 1 aliphatic rings. The van der Waals surface area contributed by atoms with E-state index in [0.29, 0.717) is 11.1 Å². The van der Waals surface area contributed by atoms with Crippen molar-refractivity contribution in [2.24, 2.45) is 5.92 Å². The number of hydrogen-bond donors (Lipinski definition) is 1. The minimum absolute atomic E-state index is 0.239. The lowest BCUT2D eigenvalue weighted by molar-refractivity contribution is 0.198. The van der Waals surface area contributed by atoms with Gasteiger partial charge in [0.05, 0.1) is 6.10 Å². The molecule has 1 saturated heterocycles. The summed E-state index contributed by atoms with van der Waals surface area (Å²) < 4.78 is 13.8. The van der Waals surface area contributed by atoms with Crippen molar-refractivity contribution in [2.75, 3.05) is 38.6 Å². The number of rotatable bonds is 4. The molecular formula is C17H27FN2O. The first-order valence-electron chi connectivity index (χ1n) is 7.76. The molecule has 0 aliphatic carbocycles. The molecule has 1 aromatic rings. The molecule has 1 aliphatic heterocycles. The fraction of sp³-hybridized carbons (Fsp3) is 0.647. The van der Waals surface area contributed by atoms with Crippen LogP contribution >= 0.6 is 0 Å². The molecule has 0 aromatic heterocycles. The summed E-state index contributed by atoms with van der Waals surface area (Å²) in [5, 5.41) is 9.92. The number of anilines is 1. The number of aliphatic hydroxyl groups is 1. The molecule has 0 amide bonds. The van der Waals surface area contributed by atoms with Crippen LogP contribution in [0.4, 0.5) is 10.1 Å². The number of nitrogens with zero attached hydrogens (tertiary/aromatic N) is 2. The van der Waals surface area contributed by atoms with Crippen LogP contribution in [0.25, 0.3) is 0 Å². The van der Waals surface area contributed by atoms with Gasteiger partial charge in [-0.1, -0.05) is 0 Å². The lowest BCUT2D eigenvalue weighted by atomic mass is 9.94. The van der Waals surface area contributed by atoms with Crippen LogP contribution in [-0.4, -0.2) is 43.7 Å². The van der Waals surface area contributed by atoms with Crippen molar-refractivity contribution in [2.45, 2.75) is 32.8 Å². The van der Waals surface area contributed by atoms with Crippen molar-refractivity contribution < 1.29 is 9.50 Å². The van der Waals surface area contributed by atoms with Crippen LogP contribution in [-0.2, 0) is 0 Å². The molecular weight excluding hydrogens is 267 g/mol. The summed E-state index contributed by atoms with van der Waals surface area (Å²) in [6.07, 6.45) is 1.65. The average Bonchev–Trinajstić information content (AvgIpc) is 2.41. The Hall–Kier alpha value is -1.13. The van der Waals surface area contributed by atoms with Crippen LogP contribution in [0.2, 0.25) is 0 Å². The second-order valence-corrected chi connectivity index (χ2v) is 6.53. The largest absolute Gasteiger partial charge is 0.389 e. The first kappa shape index (κ1) is 16.2. The van der Waals surface area contributed by atoms with Crippen molar-refractivity contribution in [1.82, 2.24) is 4.90 Å². The Balaban J connectivity index is 2.14. The summed E-state index contributed by atoms with van der Waals surface area (Å²) in [6, 6.07) is 3.37. The van der Waals surface area contributed by atoms with Crippen LogP contribution in [0, 0.1) is 18.7 Å². The zero-order chi connectivity index (χ0) is 15.6. The van der Waals surface area contributed by atoms with Crippen molar-refractivity contribution >= 4 is 5.69 Å². The second-order valence-electron chi connectivity index (χ2n) is 6.53. The summed E-state index contributed by atoms with van der Waals surface area (Å²) in [4.78, 5) is 4.53. The first-order valence-corrected chi connectivity index (χ1v) is 7.76. The number of aliphatic hydroxyl groups excluding tert-OH is 1. The molecule has 1 aromatic carbocycles. The third-order valence-corrected chi connectivity index (χ3v) is 4.34. The maximum atomic E-state index is 13.8. The van der Waals surface area contributed by atoms with Gasteiger partial charge in [-0.2, -0.15) is 0 Å². The monoisotopic (exact) mass is 294 g/mol. The van der Waals surface area contributed by atoms with E-state index in [2.05, 4.69) is 23.9 Å². The Morgan fingerprint density at radius 1 is 1.33 bits per heavy atom. The van der Waals surface area contributed by atoms with Gasteiger partial charge >= 0.3 is 0 Å². The number of piperidine rings is 1. The molecule has 4 heteroatoms. The van der Waals surface area contributed by atoms with Gasteiger partial charge in [0.25, 0.3) is 0 Å². The standard InChI is InChI=1S/C17H27FN2O/c1-12-9-17(15(13(2)21)10-16(12)18)20-7-5-14(6-8-20)11-19(3)4/h9-10,13-14,21H,5-8,11H2,1-4H3. The summed E-state index contributed by atoms with van der Waals surface area (Å²) in [5.41, 5.74) is 2.33. The van der Waals surface area contributed by atoms with E-state index in [9.17, 15) is 9.50 Å². The molecule has 0 radical (unpaired) electrons. The van der Waals surface area contributed by atoms with Crippen LogP contribution in [0.3, 0.4) is 0 Å². The fourth-order valence-electron chi connectivity index (χ4n) is 3.16. The molecule has 0 spiro atoms. The van der Waals surface area contributed by atoms with Gasteiger partial charge in [0.15, 0.2) is 0 Å². The van der Waals surface area contributed by atoms with Gasteiger partial charge in [-0.25, -0.2) is 4.39 Å². The zero-order valence-electron chi connectivity index (χ0n) is 13.6. The van der Waals surface area contributed by atoms with Crippen LogP contribution in [0.15, 0.2) is 12.1 Å². The third-order valence-electron chi connectivity index (χ3n) is 4.34. The molecule has 0 saturated carbocycles. The van der Waals surface area contributed by atoms with E-state index < -0.39 is 6.10 Å². The molecule has 2 rings (SSSR count). The van der Waals surface area contributed by atoms with E-state index in [1.807, 2.05) is 6.07 Å². The summed E-state index contributed by atoms with van der Waals surface area (Å²) in [6.45, 7) is 6.56. The van der Waals surface area contributed by atoms with Crippen molar-refractivity contribution in [1.29, 1.82) is 0 Å². The van der Waals surface area contributed by atoms with Crippen LogP contribution in [0.1, 0.15) is 37.0 Å². The lowest BCUT2D eigenvalue weighted by Gasteiger charge is -2.36. The predicted molar refractivity (Wildman–Crippen MR) is 85.3 cm³/mol. The Bertz CT molecular complexity index is 480. The van der Waals surface area contributed by atoms with Gasteiger partial charge in [0.1, 0.15) is 5.82 Å². The number of benzene rings is 1. The minimum Gasteiger partial charge on any atom is -0.389 e. The maximum absolute atomic E-state index is 13.8. The third kappa shape index (κ3) is 3.95. The summed E-state index contributed by atoms with van der Waals surface area (Å²) in [5.74, 6) is 0.491. The van der Waals surface area contributed by atoms with E-state index in [1.54, 1.807) is 13.8 Å². The van der Waals surface area contributed by atoms with Gasteiger partial charge in [0.2, 0.25) is 0 Å². The van der Waals surface area contributed by atoms with E-state index in [-0.39, 0.29) is 5.82 Å². The number of hydrogen-bond acceptors (Lipinski definition) is 3. The average molecular weight is 294 g/mol. The quantitative estimate of drug-likeness (QED) is 0.925. The van der Waals surface area contributed by atoms with E-state index >= 15 is 0 Å². The highest BCUT2D eigenvalue weighted by Gasteiger charge is 2.23. The SMILES string of the molecule is Cc1cc(N2CCC(CN(C)C)CC2)c(C(C)O)cc1F. The Morgan fingerprint density at radius 3 is 2.48 bits per heavy atom. The Kier molecular flexibility index (Phi) is 5.22.